The normalized spacial score (nSPS) is 14.2. The Morgan fingerprint density at radius 1 is 1.48 bits per heavy atom. The molecule has 0 amide bonds. The first-order valence-electron chi connectivity index (χ1n) is 7.46. The Balaban J connectivity index is 1.73. The lowest BCUT2D eigenvalue weighted by atomic mass is 10.1. The van der Waals surface area contributed by atoms with Gasteiger partial charge in [-0.05, 0) is 56.7 Å². The third-order valence-corrected chi connectivity index (χ3v) is 3.51. The predicted molar refractivity (Wildman–Crippen MR) is 81.3 cm³/mol. The van der Waals surface area contributed by atoms with Crippen LogP contribution in [0.3, 0.4) is 0 Å². The molecule has 0 radical (unpaired) electrons. The molecule has 21 heavy (non-hydrogen) atoms. The molecule has 1 aromatic heterocycles. The summed E-state index contributed by atoms with van der Waals surface area (Å²) in [7, 11) is 0. The van der Waals surface area contributed by atoms with Gasteiger partial charge in [-0.1, -0.05) is 6.07 Å². The van der Waals surface area contributed by atoms with Crippen LogP contribution < -0.4 is 5.32 Å². The second-order valence-corrected chi connectivity index (χ2v) is 5.10. The van der Waals surface area contributed by atoms with Crippen LogP contribution in [0.4, 0.5) is 5.82 Å². The van der Waals surface area contributed by atoms with E-state index < -0.39 is 5.97 Å². The summed E-state index contributed by atoms with van der Waals surface area (Å²) in [4.78, 5) is 15.4. The maximum atomic E-state index is 10.7. The summed E-state index contributed by atoms with van der Waals surface area (Å²) in [5.74, 6) is 0.0307. The molecule has 2 N–H and O–H groups in total. The van der Waals surface area contributed by atoms with Gasteiger partial charge < -0.3 is 15.2 Å². The van der Waals surface area contributed by atoms with Crippen LogP contribution in [0.15, 0.2) is 24.0 Å². The first kappa shape index (κ1) is 15.4. The van der Waals surface area contributed by atoms with E-state index in [4.69, 9.17) is 9.84 Å². The van der Waals surface area contributed by atoms with Crippen LogP contribution in [0, 0.1) is 0 Å². The van der Waals surface area contributed by atoms with Gasteiger partial charge in [0.15, 0.2) is 5.76 Å². The Labute approximate surface area is 125 Å². The zero-order valence-electron chi connectivity index (χ0n) is 12.4. The van der Waals surface area contributed by atoms with Gasteiger partial charge in [-0.3, -0.25) is 0 Å². The van der Waals surface area contributed by atoms with E-state index in [0.29, 0.717) is 6.61 Å². The highest BCUT2D eigenvalue weighted by atomic mass is 16.5. The molecule has 1 aliphatic rings. The number of anilines is 1. The minimum absolute atomic E-state index is 0.0195. The van der Waals surface area contributed by atoms with Crippen molar-refractivity contribution >= 4 is 11.8 Å². The molecule has 0 saturated carbocycles. The molecule has 0 fully saturated rings. The fourth-order valence-electron chi connectivity index (χ4n) is 2.37. The number of aromatic nitrogens is 1. The molecule has 114 valence electrons. The Morgan fingerprint density at radius 2 is 2.33 bits per heavy atom. The highest BCUT2D eigenvalue weighted by Gasteiger charge is 2.10. The maximum Gasteiger partial charge on any atom is 0.370 e. The number of carboxylic acid groups (broad SMARTS) is 1. The molecule has 2 rings (SSSR count). The summed E-state index contributed by atoms with van der Waals surface area (Å²) in [6.45, 7) is 3.08. The van der Waals surface area contributed by atoms with Gasteiger partial charge in [0.05, 0.1) is 6.61 Å². The van der Waals surface area contributed by atoms with E-state index >= 15 is 0 Å². The lowest BCUT2D eigenvalue weighted by Gasteiger charge is -2.17. The zero-order chi connectivity index (χ0) is 15.1. The van der Waals surface area contributed by atoms with Crippen LogP contribution in [-0.4, -0.2) is 29.2 Å². The molecule has 0 aliphatic carbocycles. The summed E-state index contributed by atoms with van der Waals surface area (Å²) >= 11 is 0. The number of nitrogens with one attached hydrogen (secondary N) is 1. The molecular formula is C16H22N2O3. The predicted octanol–water partition coefficient (Wildman–Crippen LogP) is 2.77. The van der Waals surface area contributed by atoms with E-state index in [-0.39, 0.29) is 5.76 Å². The second-order valence-electron chi connectivity index (χ2n) is 5.10. The number of pyridine rings is 1. The van der Waals surface area contributed by atoms with Crippen LogP contribution in [0.1, 0.15) is 37.4 Å². The smallest absolute Gasteiger partial charge is 0.370 e. The number of rotatable bonds is 7. The molecule has 5 heteroatoms. The van der Waals surface area contributed by atoms with Crippen molar-refractivity contribution in [3.8, 4) is 0 Å². The number of fused-ring (bicyclic) bond motifs is 1. The van der Waals surface area contributed by atoms with Crippen molar-refractivity contribution in [1.82, 2.24) is 4.98 Å². The van der Waals surface area contributed by atoms with Crippen LogP contribution in [0.5, 0.6) is 0 Å². The Morgan fingerprint density at radius 3 is 3.10 bits per heavy atom. The Kier molecular flexibility index (Phi) is 5.60. The van der Waals surface area contributed by atoms with Gasteiger partial charge in [0.25, 0.3) is 0 Å². The van der Waals surface area contributed by atoms with E-state index in [1.165, 1.54) is 18.1 Å². The molecular weight excluding hydrogens is 268 g/mol. The first-order chi connectivity index (χ1) is 10.2. The highest BCUT2D eigenvalue weighted by molar-refractivity contribution is 5.84. The van der Waals surface area contributed by atoms with Crippen molar-refractivity contribution in [1.29, 1.82) is 0 Å². The molecule has 1 aliphatic heterocycles. The van der Waals surface area contributed by atoms with Gasteiger partial charge >= 0.3 is 5.97 Å². The number of carbonyl (C=O) groups is 1. The fraction of sp³-hybridized carbons (Fsp3) is 0.500. The van der Waals surface area contributed by atoms with Gasteiger partial charge in [0.2, 0.25) is 0 Å². The summed E-state index contributed by atoms with van der Waals surface area (Å²) in [5, 5.41) is 12.1. The molecule has 0 saturated heterocycles. The van der Waals surface area contributed by atoms with Crippen molar-refractivity contribution in [2.24, 2.45) is 0 Å². The molecule has 0 bridgehead atoms. The number of hydrogen-bond donors (Lipinski definition) is 2. The van der Waals surface area contributed by atoms with Gasteiger partial charge in [-0.15, -0.1) is 0 Å². The standard InChI is InChI=1S/C16H22N2O3/c1-2-14(16(19)20)21-11-4-3-7-13-9-8-12-6-5-10-17-15(12)18-13/h2,8-9H,3-7,10-11H2,1H3,(H,17,18)(H,19,20)/b14-2-. The molecule has 2 heterocycles. The van der Waals surface area contributed by atoms with E-state index in [1.807, 2.05) is 0 Å². The SMILES string of the molecule is C/C=C(\OCCCCc1ccc2c(n1)NCCC2)C(=O)O. The molecule has 5 nitrogen and oxygen atoms in total. The number of ether oxygens (including phenoxy) is 1. The van der Waals surface area contributed by atoms with E-state index in [2.05, 4.69) is 22.4 Å². The van der Waals surface area contributed by atoms with Gasteiger partial charge in [0, 0.05) is 12.2 Å². The minimum atomic E-state index is -1.01. The molecule has 0 atom stereocenters. The first-order valence-corrected chi connectivity index (χ1v) is 7.46. The lowest BCUT2D eigenvalue weighted by Crippen LogP contribution is -2.14. The van der Waals surface area contributed by atoms with Gasteiger partial charge in [-0.2, -0.15) is 0 Å². The third kappa shape index (κ3) is 4.48. The number of hydrogen-bond acceptors (Lipinski definition) is 4. The number of nitrogens with zero attached hydrogens (tertiary/aromatic N) is 1. The van der Waals surface area contributed by atoms with Crippen molar-refractivity contribution < 1.29 is 14.6 Å². The average Bonchev–Trinajstić information content (AvgIpc) is 2.50. The Hall–Kier alpha value is -2.04. The summed E-state index contributed by atoms with van der Waals surface area (Å²) in [6.07, 6.45) is 6.38. The van der Waals surface area contributed by atoms with Crippen LogP contribution in [0.2, 0.25) is 0 Å². The van der Waals surface area contributed by atoms with Gasteiger partial charge in [-0.25, -0.2) is 9.78 Å². The summed E-state index contributed by atoms with van der Waals surface area (Å²) in [6, 6.07) is 4.24. The molecule has 0 spiro atoms. The van der Waals surface area contributed by atoms with E-state index in [1.54, 1.807) is 6.92 Å². The van der Waals surface area contributed by atoms with E-state index in [9.17, 15) is 4.79 Å². The third-order valence-electron chi connectivity index (χ3n) is 3.51. The summed E-state index contributed by atoms with van der Waals surface area (Å²) in [5.41, 5.74) is 2.38. The number of allylic oxidation sites excluding steroid dienone is 1. The quantitative estimate of drug-likeness (QED) is 0.459. The van der Waals surface area contributed by atoms with Crippen molar-refractivity contribution in [3.63, 3.8) is 0 Å². The van der Waals surface area contributed by atoms with Crippen LogP contribution >= 0.6 is 0 Å². The topological polar surface area (TPSA) is 71.5 Å². The van der Waals surface area contributed by atoms with Crippen molar-refractivity contribution in [2.45, 2.75) is 39.0 Å². The number of unbranched alkanes of at least 4 members (excludes halogenated alkanes) is 1. The molecule has 0 aromatic carbocycles. The Bertz CT molecular complexity index is 526. The molecule has 1 aromatic rings. The van der Waals surface area contributed by atoms with Crippen molar-refractivity contribution in [3.05, 3.63) is 35.2 Å². The number of carboxylic acids is 1. The van der Waals surface area contributed by atoms with E-state index in [0.717, 1.165) is 43.7 Å². The second kappa shape index (κ2) is 7.67. The van der Waals surface area contributed by atoms with Crippen LogP contribution in [-0.2, 0) is 22.4 Å². The monoisotopic (exact) mass is 290 g/mol. The maximum absolute atomic E-state index is 10.7. The largest absolute Gasteiger partial charge is 0.487 e. The summed E-state index contributed by atoms with van der Waals surface area (Å²) < 4.78 is 5.21. The number of aliphatic carboxylic acids is 1. The van der Waals surface area contributed by atoms with Crippen LogP contribution in [0.25, 0.3) is 0 Å². The number of aryl methyl sites for hydroxylation is 2. The van der Waals surface area contributed by atoms with Gasteiger partial charge in [0.1, 0.15) is 5.82 Å². The average molecular weight is 290 g/mol. The minimum Gasteiger partial charge on any atom is -0.487 e. The fourth-order valence-corrected chi connectivity index (χ4v) is 2.37. The zero-order valence-corrected chi connectivity index (χ0v) is 12.4. The van der Waals surface area contributed by atoms with Crippen molar-refractivity contribution in [2.75, 3.05) is 18.5 Å². The lowest BCUT2D eigenvalue weighted by molar-refractivity contribution is -0.136. The highest BCUT2D eigenvalue weighted by Crippen LogP contribution is 2.20. The molecule has 0 unspecified atom stereocenters.